The molecule has 1 amide bonds. The van der Waals surface area contributed by atoms with Gasteiger partial charge in [0, 0.05) is 21.7 Å². The second-order valence-electron chi connectivity index (χ2n) is 8.26. The summed E-state index contributed by atoms with van der Waals surface area (Å²) < 4.78 is 35.8. The Morgan fingerprint density at radius 3 is 2.52 bits per heavy atom. The second kappa shape index (κ2) is 8.22. The van der Waals surface area contributed by atoms with Crippen LogP contribution >= 0.6 is 11.8 Å². The summed E-state index contributed by atoms with van der Waals surface area (Å²) in [6, 6.07) is 17.8. The minimum atomic E-state index is -3.81. The average Bonchev–Trinajstić information content (AvgIpc) is 3.34. The first kappa shape index (κ1) is 21.7. The Kier molecular flexibility index (Phi) is 5.76. The average molecular weight is 459 g/mol. The molecule has 0 atom stereocenters. The lowest BCUT2D eigenvalue weighted by Crippen LogP contribution is -2.47. The predicted octanol–water partition coefficient (Wildman–Crippen LogP) is 3.91. The molecule has 0 aliphatic carbocycles. The van der Waals surface area contributed by atoms with Gasteiger partial charge in [-0.2, -0.15) is 13.1 Å². The van der Waals surface area contributed by atoms with Crippen molar-refractivity contribution in [2.24, 2.45) is 0 Å². The molecule has 9 heteroatoms. The highest BCUT2D eigenvalue weighted by Crippen LogP contribution is 2.46. The number of hydrogen-bond acceptors (Lipinski definition) is 5. The molecule has 1 N–H and O–H groups in total. The quantitative estimate of drug-likeness (QED) is 0.735. The molecule has 0 bridgehead atoms. The number of carbonyl (C=O) groups is 1. The number of amides is 1. The van der Waals surface area contributed by atoms with Crippen molar-refractivity contribution >= 4 is 44.4 Å². The first-order chi connectivity index (χ1) is 14.7. The van der Waals surface area contributed by atoms with Gasteiger partial charge in [0.15, 0.2) is 0 Å². The molecule has 2 heterocycles. The number of nitrogens with zero attached hydrogens (tertiary/aromatic N) is 2. The highest BCUT2D eigenvalue weighted by atomic mass is 32.2. The zero-order chi connectivity index (χ0) is 22.2. The maximum atomic E-state index is 13.3. The molecule has 2 aromatic carbocycles. The van der Waals surface area contributed by atoms with E-state index < -0.39 is 21.8 Å². The summed E-state index contributed by atoms with van der Waals surface area (Å²) in [5, 5.41) is 0. The molecule has 0 saturated carbocycles. The first-order valence-corrected chi connectivity index (χ1v) is 12.3. The molecular formula is C22H24N3O4S2. The van der Waals surface area contributed by atoms with Gasteiger partial charge < -0.3 is 4.74 Å². The Morgan fingerprint density at radius 2 is 1.87 bits per heavy atom. The van der Waals surface area contributed by atoms with Crippen molar-refractivity contribution in [2.75, 3.05) is 23.9 Å². The zero-order valence-electron chi connectivity index (χ0n) is 17.6. The van der Waals surface area contributed by atoms with E-state index in [1.807, 2.05) is 69.3 Å². The molecule has 4 rings (SSSR count). The summed E-state index contributed by atoms with van der Waals surface area (Å²) in [6.07, 6.45) is -0.398. The van der Waals surface area contributed by atoms with Crippen LogP contribution in [-0.4, -0.2) is 43.4 Å². The van der Waals surface area contributed by atoms with E-state index in [2.05, 4.69) is 10.8 Å². The van der Waals surface area contributed by atoms with Gasteiger partial charge in [-0.15, -0.1) is 11.8 Å². The highest BCUT2D eigenvalue weighted by Gasteiger charge is 2.36. The normalized spacial score (nSPS) is 17.5. The summed E-state index contributed by atoms with van der Waals surface area (Å²) in [6.45, 7) is 6.23. The number of rotatable bonds is 5. The third-order valence-corrected chi connectivity index (χ3v) is 7.72. The molecule has 0 unspecified atom stereocenters. The molecule has 7 nitrogen and oxygen atoms in total. The minimum absolute atomic E-state index is 0.255. The van der Waals surface area contributed by atoms with Gasteiger partial charge in [-0.05, 0) is 44.5 Å². The van der Waals surface area contributed by atoms with Crippen LogP contribution in [0.1, 0.15) is 31.9 Å². The van der Waals surface area contributed by atoms with Gasteiger partial charge in [0.25, 0.3) is 0 Å². The lowest BCUT2D eigenvalue weighted by Gasteiger charge is -2.28. The molecular weight excluding hydrogens is 434 g/mol. The van der Waals surface area contributed by atoms with Crippen molar-refractivity contribution in [3.05, 3.63) is 65.7 Å². The van der Waals surface area contributed by atoms with Gasteiger partial charge in [-0.1, -0.05) is 36.4 Å². The number of carbonyl (C=O) groups excluding carboxylic acids is 1. The second-order valence-corrected chi connectivity index (χ2v) is 10.8. The molecule has 2 aliphatic heterocycles. The predicted molar refractivity (Wildman–Crippen MR) is 123 cm³/mol. The van der Waals surface area contributed by atoms with E-state index >= 15 is 0 Å². The van der Waals surface area contributed by atoms with E-state index in [9.17, 15) is 13.2 Å². The van der Waals surface area contributed by atoms with E-state index in [-0.39, 0.29) is 5.88 Å². The first-order valence-electron chi connectivity index (χ1n) is 9.86. The van der Waals surface area contributed by atoms with Crippen LogP contribution in [0.3, 0.4) is 0 Å². The van der Waals surface area contributed by atoms with Crippen molar-refractivity contribution in [3.8, 4) is 0 Å². The van der Waals surface area contributed by atoms with Gasteiger partial charge in [0.05, 0.1) is 18.1 Å². The number of ether oxygens (including phenoxy) is 1. The van der Waals surface area contributed by atoms with Gasteiger partial charge >= 0.3 is 16.3 Å². The summed E-state index contributed by atoms with van der Waals surface area (Å²) in [5.74, 6) is 0.255. The maximum absolute atomic E-state index is 13.3. The van der Waals surface area contributed by atoms with E-state index in [1.165, 1.54) is 16.1 Å². The number of hydrogen-bond donors (Lipinski definition) is 1. The van der Waals surface area contributed by atoms with E-state index in [0.717, 1.165) is 10.5 Å². The summed E-state index contributed by atoms with van der Waals surface area (Å²) in [5.41, 5.74) is 2.26. The van der Waals surface area contributed by atoms with Gasteiger partial charge in [0.2, 0.25) is 0 Å². The van der Waals surface area contributed by atoms with Crippen LogP contribution < -0.4 is 9.62 Å². The molecule has 2 aliphatic rings. The summed E-state index contributed by atoms with van der Waals surface area (Å²) in [7, 11) is -3.81. The molecule has 0 spiro atoms. The Labute approximate surface area is 187 Å². The van der Waals surface area contributed by atoms with Crippen molar-refractivity contribution in [2.45, 2.75) is 26.3 Å². The highest BCUT2D eigenvalue weighted by molar-refractivity contribution is 8.09. The summed E-state index contributed by atoms with van der Waals surface area (Å²) in [4.78, 5) is 14.4. The number of benzene rings is 2. The Balaban J connectivity index is 1.84. The molecule has 2 aromatic rings. The number of nitrogens with one attached hydrogen (secondary N) is 1. The van der Waals surface area contributed by atoms with Crippen LogP contribution in [0.25, 0.3) is 10.6 Å². The standard InChI is InChI=1S/C22H24N3O4S2/c1-22(2,3)23-31(27,28)25-15-30-20(16-8-5-4-6-9-16)19(25)17-10-7-11-18(14-17)24-12-13-29-21(24)26/h5-11,14,23H,12-13,15H2,1-3H3. The fourth-order valence-corrected chi connectivity index (χ4v) is 6.62. The van der Waals surface area contributed by atoms with Crippen LogP contribution in [0.15, 0.2) is 48.5 Å². The van der Waals surface area contributed by atoms with Crippen molar-refractivity contribution in [1.82, 2.24) is 9.03 Å². The van der Waals surface area contributed by atoms with Gasteiger partial charge in [-0.25, -0.2) is 9.10 Å². The topological polar surface area (TPSA) is 79.0 Å². The van der Waals surface area contributed by atoms with E-state index in [0.29, 0.717) is 30.1 Å². The number of anilines is 1. The number of thioether (sulfide) groups is 1. The molecule has 163 valence electrons. The third-order valence-electron chi connectivity index (χ3n) is 4.69. The maximum Gasteiger partial charge on any atom is 0.414 e. The Bertz CT molecular complexity index is 1120. The van der Waals surface area contributed by atoms with Crippen LogP contribution in [-0.2, 0) is 14.9 Å². The van der Waals surface area contributed by atoms with Crippen LogP contribution in [0, 0.1) is 6.07 Å². The molecule has 0 aromatic heterocycles. The Hall–Kier alpha value is -2.49. The largest absolute Gasteiger partial charge is 0.447 e. The Morgan fingerprint density at radius 1 is 1.13 bits per heavy atom. The van der Waals surface area contributed by atoms with E-state index in [4.69, 9.17) is 4.74 Å². The molecule has 1 saturated heterocycles. The van der Waals surface area contributed by atoms with Crippen LogP contribution in [0.2, 0.25) is 0 Å². The van der Waals surface area contributed by atoms with Gasteiger partial charge in [0.1, 0.15) is 6.61 Å². The van der Waals surface area contributed by atoms with Crippen molar-refractivity contribution in [3.63, 3.8) is 0 Å². The summed E-state index contributed by atoms with van der Waals surface area (Å²) >= 11 is 1.47. The molecule has 1 radical (unpaired) electrons. The van der Waals surface area contributed by atoms with Crippen LogP contribution in [0.4, 0.5) is 10.5 Å². The minimum Gasteiger partial charge on any atom is -0.447 e. The lowest BCUT2D eigenvalue weighted by atomic mass is 10.1. The molecule has 1 fully saturated rings. The van der Waals surface area contributed by atoms with Crippen molar-refractivity contribution in [1.29, 1.82) is 0 Å². The molecule has 31 heavy (non-hydrogen) atoms. The SMILES string of the molecule is CC(C)(C)NS(=O)(=O)N1CSC(c2cc[c]cc2)=C1c1cccc(N2CCOC2=O)c1. The monoisotopic (exact) mass is 458 g/mol. The smallest absolute Gasteiger partial charge is 0.414 e. The zero-order valence-corrected chi connectivity index (χ0v) is 19.2. The third kappa shape index (κ3) is 4.58. The fraction of sp³-hybridized carbons (Fsp3) is 0.318. The van der Waals surface area contributed by atoms with Crippen molar-refractivity contribution < 1.29 is 17.9 Å². The van der Waals surface area contributed by atoms with Crippen LogP contribution in [0.5, 0.6) is 0 Å². The van der Waals surface area contributed by atoms with E-state index in [1.54, 1.807) is 4.90 Å². The van der Waals surface area contributed by atoms with Gasteiger partial charge in [-0.3, -0.25) is 4.90 Å². The lowest BCUT2D eigenvalue weighted by molar-refractivity contribution is 0.181. The fourth-order valence-electron chi connectivity index (χ4n) is 3.48. The number of cyclic esters (lactones) is 1.